The first-order chi connectivity index (χ1) is 16.0. The molecule has 1 N–H and O–H groups in total. The van der Waals surface area contributed by atoms with Gasteiger partial charge in [-0.2, -0.15) is 4.52 Å². The molecule has 9 nitrogen and oxygen atoms in total. The molecule has 0 spiro atoms. The van der Waals surface area contributed by atoms with Gasteiger partial charge in [-0.05, 0) is 68.1 Å². The van der Waals surface area contributed by atoms with Crippen LogP contribution in [-0.2, 0) is 4.79 Å². The van der Waals surface area contributed by atoms with Gasteiger partial charge >= 0.3 is 0 Å². The van der Waals surface area contributed by atoms with Crippen LogP contribution >= 0.6 is 0 Å². The number of nitrogens with one attached hydrogen (secondary N) is 1. The molecule has 0 unspecified atom stereocenters. The van der Waals surface area contributed by atoms with Crippen LogP contribution < -0.4 is 15.0 Å². The zero-order valence-electron chi connectivity index (χ0n) is 18.6. The van der Waals surface area contributed by atoms with E-state index in [2.05, 4.69) is 37.4 Å². The Morgan fingerprint density at radius 1 is 1.06 bits per heavy atom. The molecule has 3 aromatic heterocycles. The number of nitrogens with zero attached hydrogens (tertiary/aromatic N) is 6. The molecule has 0 aliphatic carbocycles. The van der Waals surface area contributed by atoms with Crippen molar-refractivity contribution in [1.29, 1.82) is 0 Å². The zero-order chi connectivity index (χ0) is 22.8. The van der Waals surface area contributed by atoms with Crippen molar-refractivity contribution >= 4 is 23.1 Å². The number of amides is 1. The summed E-state index contributed by atoms with van der Waals surface area (Å²) in [5.74, 6) is 2.06. The zero-order valence-corrected chi connectivity index (χ0v) is 18.6. The van der Waals surface area contributed by atoms with Gasteiger partial charge in [0.05, 0.1) is 11.9 Å². The van der Waals surface area contributed by atoms with Gasteiger partial charge in [0, 0.05) is 25.1 Å². The van der Waals surface area contributed by atoms with E-state index in [1.807, 2.05) is 43.3 Å². The maximum atomic E-state index is 12.8. The highest BCUT2D eigenvalue weighted by Gasteiger charge is 2.26. The van der Waals surface area contributed by atoms with Crippen molar-refractivity contribution in [1.82, 2.24) is 24.8 Å². The number of benzene rings is 1. The van der Waals surface area contributed by atoms with E-state index in [1.54, 1.807) is 23.1 Å². The van der Waals surface area contributed by atoms with Crippen molar-refractivity contribution in [2.75, 3.05) is 23.3 Å². The molecule has 1 saturated heterocycles. The number of piperidine rings is 1. The molecule has 0 atom stereocenters. The summed E-state index contributed by atoms with van der Waals surface area (Å²) < 4.78 is 7.48. The summed E-state index contributed by atoms with van der Waals surface area (Å²) in [6, 6.07) is 13.3. The van der Waals surface area contributed by atoms with Crippen molar-refractivity contribution in [2.45, 2.75) is 26.7 Å². The highest BCUT2D eigenvalue weighted by molar-refractivity contribution is 5.92. The lowest BCUT2D eigenvalue weighted by atomic mass is 9.96. The molecule has 9 heteroatoms. The van der Waals surface area contributed by atoms with Crippen molar-refractivity contribution < 1.29 is 9.53 Å². The quantitative estimate of drug-likeness (QED) is 0.501. The second-order valence-corrected chi connectivity index (χ2v) is 8.31. The van der Waals surface area contributed by atoms with Gasteiger partial charge in [-0.15, -0.1) is 15.3 Å². The number of rotatable bonds is 5. The van der Waals surface area contributed by atoms with E-state index in [-0.39, 0.29) is 11.8 Å². The summed E-state index contributed by atoms with van der Waals surface area (Å²) in [6.45, 7) is 5.64. The lowest BCUT2D eigenvalue weighted by molar-refractivity contribution is -0.120. The van der Waals surface area contributed by atoms with Gasteiger partial charge in [-0.1, -0.05) is 6.07 Å². The molecular weight excluding hydrogens is 418 g/mol. The van der Waals surface area contributed by atoms with E-state index in [0.29, 0.717) is 17.2 Å². The minimum Gasteiger partial charge on any atom is -0.439 e. The van der Waals surface area contributed by atoms with Crippen molar-refractivity contribution in [3.63, 3.8) is 0 Å². The van der Waals surface area contributed by atoms with E-state index in [0.717, 1.165) is 43.1 Å². The number of aryl methyl sites for hydroxylation is 2. The number of anilines is 2. The number of carbonyl (C=O) groups excluding carboxylic acids is 1. The van der Waals surface area contributed by atoms with Crippen LogP contribution in [0.1, 0.15) is 24.0 Å². The monoisotopic (exact) mass is 443 g/mol. The maximum absolute atomic E-state index is 12.8. The molecule has 4 aromatic rings. The second-order valence-electron chi connectivity index (χ2n) is 8.31. The van der Waals surface area contributed by atoms with Gasteiger partial charge in [-0.25, -0.2) is 4.98 Å². The fourth-order valence-electron chi connectivity index (χ4n) is 3.91. The molecule has 5 rings (SSSR count). The molecule has 0 radical (unpaired) electrons. The van der Waals surface area contributed by atoms with Crippen molar-refractivity contribution in [3.05, 3.63) is 66.1 Å². The van der Waals surface area contributed by atoms with Crippen LogP contribution in [0.15, 0.2) is 55.0 Å². The fraction of sp³-hybridized carbons (Fsp3) is 0.292. The summed E-state index contributed by atoms with van der Waals surface area (Å²) in [6.07, 6.45) is 4.73. The molecule has 1 fully saturated rings. The average molecular weight is 444 g/mol. The first-order valence-electron chi connectivity index (χ1n) is 11.0. The molecule has 1 aliphatic rings. The number of hydrogen-bond donors (Lipinski definition) is 1. The highest BCUT2D eigenvalue weighted by atomic mass is 16.5. The summed E-state index contributed by atoms with van der Waals surface area (Å²) in [7, 11) is 0. The molecule has 0 bridgehead atoms. The number of ether oxygens (including phenoxy) is 1. The Balaban J connectivity index is 1.15. The third-order valence-electron chi connectivity index (χ3n) is 6.04. The smallest absolute Gasteiger partial charge is 0.227 e. The number of carbonyl (C=O) groups is 1. The van der Waals surface area contributed by atoms with Crippen molar-refractivity contribution in [3.8, 4) is 11.6 Å². The van der Waals surface area contributed by atoms with Gasteiger partial charge in [0.1, 0.15) is 17.9 Å². The largest absolute Gasteiger partial charge is 0.439 e. The Labute approximate surface area is 191 Å². The molecule has 1 aromatic carbocycles. The number of aromatic nitrogens is 5. The SMILES string of the molecule is Cc1ccc(Oc2ccc(NC(=O)C3CCN(c4ccc5nncn5n4)CC3)cn2)cc1C. The van der Waals surface area contributed by atoms with Gasteiger partial charge in [0.15, 0.2) is 5.65 Å². The van der Waals surface area contributed by atoms with Crippen LogP contribution in [0.25, 0.3) is 5.65 Å². The van der Waals surface area contributed by atoms with Crippen LogP contribution in [0.5, 0.6) is 11.6 Å². The van der Waals surface area contributed by atoms with Crippen LogP contribution in [0, 0.1) is 19.8 Å². The Kier molecular flexibility index (Phi) is 5.60. The van der Waals surface area contributed by atoms with E-state index >= 15 is 0 Å². The number of hydrogen-bond acceptors (Lipinski definition) is 7. The number of pyridine rings is 1. The summed E-state index contributed by atoms with van der Waals surface area (Å²) in [5, 5.41) is 15.4. The summed E-state index contributed by atoms with van der Waals surface area (Å²) >= 11 is 0. The molecule has 4 heterocycles. The molecular formula is C24H25N7O2. The van der Waals surface area contributed by atoms with E-state index in [9.17, 15) is 4.79 Å². The Hall–Kier alpha value is -4.01. The first kappa shape index (κ1) is 20.9. The minimum atomic E-state index is -0.0497. The maximum Gasteiger partial charge on any atom is 0.227 e. The first-order valence-corrected chi connectivity index (χ1v) is 11.0. The predicted molar refractivity (Wildman–Crippen MR) is 125 cm³/mol. The highest BCUT2D eigenvalue weighted by Crippen LogP contribution is 2.25. The Morgan fingerprint density at radius 3 is 2.67 bits per heavy atom. The summed E-state index contributed by atoms with van der Waals surface area (Å²) in [4.78, 5) is 19.3. The topological polar surface area (TPSA) is 97.5 Å². The standard InChI is InChI=1S/C24H25N7O2/c1-16-3-5-20(13-17(16)2)33-23-8-4-19(14-25-23)27-24(32)18-9-11-30(12-10-18)22-7-6-21-28-26-15-31(21)29-22/h3-8,13-15,18H,9-12H2,1-2H3,(H,27,32). The van der Waals surface area contributed by atoms with E-state index < -0.39 is 0 Å². The third kappa shape index (κ3) is 4.62. The predicted octanol–water partition coefficient (Wildman–Crippen LogP) is 3.78. The molecule has 0 saturated carbocycles. The minimum absolute atomic E-state index is 0.0153. The van der Waals surface area contributed by atoms with Crippen LogP contribution in [0.3, 0.4) is 0 Å². The Bertz CT molecular complexity index is 1280. The Morgan fingerprint density at radius 2 is 1.91 bits per heavy atom. The van der Waals surface area contributed by atoms with Crippen LogP contribution in [-0.4, -0.2) is 43.8 Å². The summed E-state index contributed by atoms with van der Waals surface area (Å²) in [5.41, 5.74) is 3.76. The van der Waals surface area contributed by atoms with Gasteiger partial charge in [0.2, 0.25) is 11.8 Å². The molecule has 1 amide bonds. The van der Waals surface area contributed by atoms with Gasteiger partial charge in [0.25, 0.3) is 0 Å². The third-order valence-corrected chi connectivity index (χ3v) is 6.04. The van der Waals surface area contributed by atoms with Crippen LogP contribution in [0.4, 0.5) is 11.5 Å². The molecule has 168 valence electrons. The normalized spacial score (nSPS) is 14.4. The average Bonchev–Trinajstić information content (AvgIpc) is 3.31. The fourth-order valence-corrected chi connectivity index (χ4v) is 3.91. The van der Waals surface area contributed by atoms with Gasteiger partial charge in [-0.3, -0.25) is 4.79 Å². The van der Waals surface area contributed by atoms with Crippen LogP contribution in [0.2, 0.25) is 0 Å². The van der Waals surface area contributed by atoms with Gasteiger partial charge < -0.3 is 15.0 Å². The second kappa shape index (κ2) is 8.85. The lowest BCUT2D eigenvalue weighted by Gasteiger charge is -2.31. The van der Waals surface area contributed by atoms with E-state index in [4.69, 9.17) is 4.74 Å². The van der Waals surface area contributed by atoms with E-state index in [1.165, 1.54) is 5.56 Å². The molecule has 33 heavy (non-hydrogen) atoms. The lowest BCUT2D eigenvalue weighted by Crippen LogP contribution is -2.38. The molecule has 1 aliphatic heterocycles. The number of fused-ring (bicyclic) bond motifs is 1. The van der Waals surface area contributed by atoms with Crippen molar-refractivity contribution in [2.24, 2.45) is 5.92 Å².